The van der Waals surface area contributed by atoms with Gasteiger partial charge in [0.15, 0.2) is 11.6 Å². The molecule has 0 aliphatic carbocycles. The third-order valence-electron chi connectivity index (χ3n) is 3.34. The Bertz CT molecular complexity index is 368. The molecule has 1 rings (SSSR count). The molecule has 0 heterocycles. The monoisotopic (exact) mass is 281 g/mol. The van der Waals surface area contributed by atoms with E-state index >= 15 is 0 Å². The maximum atomic E-state index is 13.6. The van der Waals surface area contributed by atoms with Crippen LogP contribution in [0.15, 0.2) is 18.2 Å². The third-order valence-corrected chi connectivity index (χ3v) is 3.34. The minimum atomic E-state index is -0.295. The maximum absolute atomic E-state index is 13.6. The average molecular weight is 281 g/mol. The van der Waals surface area contributed by atoms with Crippen molar-refractivity contribution in [2.24, 2.45) is 0 Å². The Morgan fingerprint density at radius 3 is 2.35 bits per heavy atom. The van der Waals surface area contributed by atoms with Crippen LogP contribution >= 0.6 is 0 Å². The quantitative estimate of drug-likeness (QED) is 0.549. The van der Waals surface area contributed by atoms with Crippen molar-refractivity contribution in [3.05, 3.63) is 24.0 Å². The highest BCUT2D eigenvalue weighted by Crippen LogP contribution is 2.21. The molecule has 114 valence electrons. The molecule has 0 bridgehead atoms. The summed E-state index contributed by atoms with van der Waals surface area (Å²) in [5.41, 5.74) is 0.830. The van der Waals surface area contributed by atoms with Crippen LogP contribution in [-0.4, -0.2) is 13.2 Å². The number of unbranched alkanes of at least 4 members (excludes halogenated alkanes) is 6. The lowest BCUT2D eigenvalue weighted by molar-refractivity contribution is 0.321. The molecule has 3 heteroatoms. The Hall–Kier alpha value is -1.25. The molecule has 0 amide bonds. The number of hydrogen-bond acceptors (Lipinski definition) is 2. The lowest BCUT2D eigenvalue weighted by Gasteiger charge is -2.09. The Labute approximate surface area is 122 Å². The van der Waals surface area contributed by atoms with E-state index in [0.717, 1.165) is 18.7 Å². The lowest BCUT2D eigenvalue weighted by atomic mass is 10.1. The first-order valence-electron chi connectivity index (χ1n) is 7.94. The number of rotatable bonds is 11. The highest BCUT2D eigenvalue weighted by Gasteiger charge is 2.03. The number of hydrogen-bond donors (Lipinski definition) is 1. The Kier molecular flexibility index (Phi) is 8.84. The Balaban J connectivity index is 2.14. The minimum Gasteiger partial charge on any atom is -0.491 e. The standard InChI is InChI=1S/C17H28FNO/c1-3-5-6-7-8-9-10-13-19-15-11-12-17(20-4-2)16(18)14-15/h11-12,14,19H,3-10,13H2,1-2H3. The molecule has 1 N–H and O–H groups in total. The second kappa shape index (κ2) is 10.5. The molecule has 0 saturated carbocycles. The second-order valence-electron chi connectivity index (χ2n) is 5.13. The number of anilines is 1. The van der Waals surface area contributed by atoms with Gasteiger partial charge in [-0.2, -0.15) is 0 Å². The zero-order chi connectivity index (χ0) is 14.6. The first-order chi connectivity index (χ1) is 9.77. The van der Waals surface area contributed by atoms with E-state index in [0.29, 0.717) is 12.4 Å². The first kappa shape index (κ1) is 16.8. The van der Waals surface area contributed by atoms with Crippen LogP contribution in [0.3, 0.4) is 0 Å². The molecule has 1 aromatic carbocycles. The van der Waals surface area contributed by atoms with E-state index in [9.17, 15) is 4.39 Å². The summed E-state index contributed by atoms with van der Waals surface area (Å²) in [7, 11) is 0. The summed E-state index contributed by atoms with van der Waals surface area (Å²) in [4.78, 5) is 0. The van der Waals surface area contributed by atoms with E-state index in [4.69, 9.17) is 4.74 Å². The molecule has 0 fully saturated rings. The van der Waals surface area contributed by atoms with Gasteiger partial charge >= 0.3 is 0 Å². The Morgan fingerprint density at radius 2 is 1.70 bits per heavy atom. The largest absolute Gasteiger partial charge is 0.491 e. The summed E-state index contributed by atoms with van der Waals surface area (Å²) in [6.07, 6.45) is 9.03. The average Bonchev–Trinajstić information content (AvgIpc) is 2.45. The minimum absolute atomic E-state index is 0.295. The van der Waals surface area contributed by atoms with Gasteiger partial charge in [0, 0.05) is 18.3 Å². The first-order valence-corrected chi connectivity index (χ1v) is 7.94. The van der Waals surface area contributed by atoms with Crippen LogP contribution in [0.2, 0.25) is 0 Å². The summed E-state index contributed by atoms with van der Waals surface area (Å²) in [6, 6.07) is 5.06. The van der Waals surface area contributed by atoms with Crippen LogP contribution in [0.1, 0.15) is 58.8 Å². The van der Waals surface area contributed by atoms with Gasteiger partial charge in [-0.25, -0.2) is 4.39 Å². The molecule has 0 aliphatic heterocycles. The maximum Gasteiger partial charge on any atom is 0.167 e. The van der Waals surface area contributed by atoms with Gasteiger partial charge in [0.1, 0.15) is 0 Å². The van der Waals surface area contributed by atoms with Crippen molar-refractivity contribution in [1.29, 1.82) is 0 Å². The highest BCUT2D eigenvalue weighted by molar-refractivity contribution is 5.47. The van der Waals surface area contributed by atoms with Gasteiger partial charge in [-0.1, -0.05) is 45.4 Å². The van der Waals surface area contributed by atoms with Crippen molar-refractivity contribution in [2.75, 3.05) is 18.5 Å². The van der Waals surface area contributed by atoms with Gasteiger partial charge in [-0.05, 0) is 25.5 Å². The fraction of sp³-hybridized carbons (Fsp3) is 0.647. The van der Waals surface area contributed by atoms with Crippen molar-refractivity contribution < 1.29 is 9.13 Å². The summed E-state index contributed by atoms with van der Waals surface area (Å²) >= 11 is 0. The van der Waals surface area contributed by atoms with E-state index in [1.54, 1.807) is 6.07 Å². The van der Waals surface area contributed by atoms with Crippen molar-refractivity contribution in [2.45, 2.75) is 58.8 Å². The van der Waals surface area contributed by atoms with Crippen LogP contribution in [0.25, 0.3) is 0 Å². The molecule has 20 heavy (non-hydrogen) atoms. The number of ether oxygens (including phenoxy) is 1. The fourth-order valence-corrected chi connectivity index (χ4v) is 2.20. The van der Waals surface area contributed by atoms with E-state index in [1.807, 2.05) is 13.0 Å². The molecular weight excluding hydrogens is 253 g/mol. The number of nitrogens with one attached hydrogen (secondary N) is 1. The van der Waals surface area contributed by atoms with E-state index in [2.05, 4.69) is 12.2 Å². The zero-order valence-corrected chi connectivity index (χ0v) is 12.9. The van der Waals surface area contributed by atoms with Gasteiger partial charge in [0.2, 0.25) is 0 Å². The van der Waals surface area contributed by atoms with E-state index < -0.39 is 0 Å². The van der Waals surface area contributed by atoms with Gasteiger partial charge < -0.3 is 10.1 Å². The number of halogens is 1. The molecular formula is C17H28FNO. The molecule has 0 spiro atoms. The SMILES string of the molecule is CCCCCCCCCNc1ccc(OCC)c(F)c1. The van der Waals surface area contributed by atoms with E-state index in [-0.39, 0.29) is 5.82 Å². The van der Waals surface area contributed by atoms with Gasteiger partial charge in [0.25, 0.3) is 0 Å². The molecule has 0 aliphatic rings. The third kappa shape index (κ3) is 6.78. The van der Waals surface area contributed by atoms with Crippen molar-refractivity contribution in [1.82, 2.24) is 0 Å². The van der Waals surface area contributed by atoms with Crippen molar-refractivity contribution in [3.8, 4) is 5.75 Å². The fourth-order valence-electron chi connectivity index (χ4n) is 2.20. The normalized spacial score (nSPS) is 10.6. The highest BCUT2D eigenvalue weighted by atomic mass is 19.1. The topological polar surface area (TPSA) is 21.3 Å². The van der Waals surface area contributed by atoms with Crippen LogP contribution in [0.4, 0.5) is 10.1 Å². The Morgan fingerprint density at radius 1 is 1.00 bits per heavy atom. The molecule has 0 atom stereocenters. The van der Waals surface area contributed by atoms with Crippen molar-refractivity contribution in [3.63, 3.8) is 0 Å². The lowest BCUT2D eigenvalue weighted by Crippen LogP contribution is -2.02. The summed E-state index contributed by atoms with van der Waals surface area (Å²) < 4.78 is 18.8. The molecule has 1 aromatic rings. The molecule has 0 saturated heterocycles. The predicted molar refractivity (Wildman–Crippen MR) is 84.1 cm³/mol. The number of benzene rings is 1. The summed E-state index contributed by atoms with van der Waals surface area (Å²) in [5.74, 6) is 0.0328. The summed E-state index contributed by atoms with van der Waals surface area (Å²) in [5, 5.41) is 3.26. The predicted octanol–water partition coefficient (Wildman–Crippen LogP) is 5.39. The van der Waals surface area contributed by atoms with Crippen molar-refractivity contribution >= 4 is 5.69 Å². The molecule has 0 aromatic heterocycles. The molecule has 0 unspecified atom stereocenters. The second-order valence-corrected chi connectivity index (χ2v) is 5.13. The van der Waals surface area contributed by atoms with Gasteiger partial charge in [0.05, 0.1) is 6.61 Å². The van der Waals surface area contributed by atoms with Gasteiger partial charge in [-0.15, -0.1) is 0 Å². The van der Waals surface area contributed by atoms with Crippen LogP contribution < -0.4 is 10.1 Å². The van der Waals surface area contributed by atoms with Crippen LogP contribution in [0, 0.1) is 5.82 Å². The van der Waals surface area contributed by atoms with Crippen LogP contribution in [-0.2, 0) is 0 Å². The molecule has 0 radical (unpaired) electrons. The zero-order valence-electron chi connectivity index (χ0n) is 12.9. The van der Waals surface area contributed by atoms with E-state index in [1.165, 1.54) is 44.6 Å². The van der Waals surface area contributed by atoms with Gasteiger partial charge in [-0.3, -0.25) is 0 Å². The van der Waals surface area contributed by atoms with Crippen LogP contribution in [0.5, 0.6) is 5.75 Å². The smallest absolute Gasteiger partial charge is 0.167 e. The summed E-state index contributed by atoms with van der Waals surface area (Å²) in [6.45, 7) is 5.48. The molecule has 2 nitrogen and oxygen atoms in total.